The quantitative estimate of drug-likeness (QED) is 0.788. The highest BCUT2D eigenvalue weighted by Crippen LogP contribution is 2.18. The number of carbonyl (C=O) groups excluding carboxylic acids is 2. The molecule has 2 N–H and O–H groups in total. The van der Waals surface area contributed by atoms with Crippen molar-refractivity contribution in [2.75, 3.05) is 25.0 Å². The lowest BCUT2D eigenvalue weighted by Gasteiger charge is -2.34. The Balaban J connectivity index is 1.63. The van der Waals surface area contributed by atoms with E-state index in [1.807, 2.05) is 57.2 Å². The third-order valence-electron chi connectivity index (χ3n) is 4.96. The number of nitrogens with zero attached hydrogens (tertiary/aromatic N) is 1. The van der Waals surface area contributed by atoms with Crippen molar-refractivity contribution < 1.29 is 14.3 Å². The molecular formula is C23H29N3O3. The zero-order chi connectivity index (χ0) is 20.8. The van der Waals surface area contributed by atoms with Gasteiger partial charge < -0.3 is 15.4 Å². The second-order valence-electron chi connectivity index (χ2n) is 7.65. The van der Waals surface area contributed by atoms with Gasteiger partial charge >= 0.3 is 0 Å². The van der Waals surface area contributed by atoms with Crippen molar-refractivity contribution in [1.82, 2.24) is 10.2 Å². The first-order valence-corrected chi connectivity index (χ1v) is 10.0. The highest BCUT2D eigenvalue weighted by Gasteiger charge is 2.24. The fraction of sp³-hybridized carbons (Fsp3) is 0.391. The van der Waals surface area contributed by atoms with Gasteiger partial charge in [0.05, 0.1) is 36.0 Å². The topological polar surface area (TPSA) is 70.7 Å². The predicted molar refractivity (Wildman–Crippen MR) is 114 cm³/mol. The molecular weight excluding hydrogens is 366 g/mol. The molecule has 6 heteroatoms. The molecule has 0 bridgehead atoms. The number of carbonyl (C=O) groups is 2. The lowest BCUT2D eigenvalue weighted by molar-refractivity contribution is -0.121. The molecule has 0 radical (unpaired) electrons. The van der Waals surface area contributed by atoms with Crippen LogP contribution in [-0.4, -0.2) is 48.6 Å². The zero-order valence-electron chi connectivity index (χ0n) is 17.2. The van der Waals surface area contributed by atoms with Gasteiger partial charge in [0.25, 0.3) is 5.91 Å². The van der Waals surface area contributed by atoms with Gasteiger partial charge in [-0.1, -0.05) is 42.5 Å². The Morgan fingerprint density at radius 1 is 1.03 bits per heavy atom. The molecule has 0 spiro atoms. The summed E-state index contributed by atoms with van der Waals surface area (Å²) in [7, 11) is 0. The summed E-state index contributed by atoms with van der Waals surface area (Å²) in [5.74, 6) is -0.353. The van der Waals surface area contributed by atoms with Crippen LogP contribution in [0.15, 0.2) is 54.6 Å². The predicted octanol–water partition coefficient (Wildman–Crippen LogP) is 3.23. The number of morpholine rings is 1. The van der Waals surface area contributed by atoms with Crippen molar-refractivity contribution in [3.05, 3.63) is 65.7 Å². The first-order valence-electron chi connectivity index (χ1n) is 10.0. The van der Waals surface area contributed by atoms with E-state index in [-0.39, 0.29) is 36.6 Å². The summed E-state index contributed by atoms with van der Waals surface area (Å²) in [6, 6.07) is 16.7. The minimum Gasteiger partial charge on any atom is -0.373 e. The maximum Gasteiger partial charge on any atom is 0.253 e. The van der Waals surface area contributed by atoms with Crippen molar-refractivity contribution in [1.29, 1.82) is 0 Å². The fourth-order valence-corrected chi connectivity index (χ4v) is 3.70. The maximum absolute atomic E-state index is 12.8. The molecule has 3 atom stereocenters. The number of benzene rings is 2. The van der Waals surface area contributed by atoms with Crippen molar-refractivity contribution in [3.8, 4) is 0 Å². The van der Waals surface area contributed by atoms with E-state index >= 15 is 0 Å². The SMILES string of the molecule is CC1CN(CC(=O)Nc2ccccc2C(=O)NC(C)c2ccccc2)CC(C)O1. The molecule has 2 amide bonds. The molecule has 3 unspecified atom stereocenters. The Bertz CT molecular complexity index is 830. The summed E-state index contributed by atoms with van der Waals surface area (Å²) in [5, 5.41) is 5.90. The third-order valence-corrected chi connectivity index (χ3v) is 4.96. The summed E-state index contributed by atoms with van der Waals surface area (Å²) in [5.41, 5.74) is 2.00. The third kappa shape index (κ3) is 5.89. The van der Waals surface area contributed by atoms with Gasteiger partial charge in [-0.2, -0.15) is 0 Å². The summed E-state index contributed by atoms with van der Waals surface area (Å²) in [4.78, 5) is 27.5. The highest BCUT2D eigenvalue weighted by molar-refractivity contribution is 6.04. The molecule has 3 rings (SSSR count). The number of hydrogen-bond donors (Lipinski definition) is 2. The van der Waals surface area contributed by atoms with Crippen LogP contribution in [0.1, 0.15) is 42.7 Å². The van der Waals surface area contributed by atoms with Crippen LogP contribution in [0.4, 0.5) is 5.69 Å². The minimum atomic E-state index is -0.217. The molecule has 2 aromatic rings. The second-order valence-corrected chi connectivity index (χ2v) is 7.65. The van der Waals surface area contributed by atoms with E-state index in [0.29, 0.717) is 24.3 Å². The molecule has 1 fully saturated rings. The lowest BCUT2D eigenvalue weighted by Crippen LogP contribution is -2.48. The Morgan fingerprint density at radius 3 is 2.34 bits per heavy atom. The highest BCUT2D eigenvalue weighted by atomic mass is 16.5. The van der Waals surface area contributed by atoms with Gasteiger partial charge in [-0.05, 0) is 38.5 Å². The Kier molecular flexibility index (Phi) is 7.01. The van der Waals surface area contributed by atoms with Crippen molar-refractivity contribution in [2.45, 2.75) is 39.0 Å². The van der Waals surface area contributed by atoms with Crippen molar-refractivity contribution in [2.24, 2.45) is 0 Å². The minimum absolute atomic E-state index is 0.101. The first kappa shape index (κ1) is 21.0. The van der Waals surface area contributed by atoms with E-state index in [1.165, 1.54) is 0 Å². The fourth-order valence-electron chi connectivity index (χ4n) is 3.70. The van der Waals surface area contributed by atoms with Gasteiger partial charge in [-0.15, -0.1) is 0 Å². The first-order chi connectivity index (χ1) is 13.9. The van der Waals surface area contributed by atoms with E-state index in [1.54, 1.807) is 18.2 Å². The molecule has 154 valence electrons. The van der Waals surface area contributed by atoms with Gasteiger partial charge in [-0.25, -0.2) is 0 Å². The average molecular weight is 396 g/mol. The van der Waals surface area contributed by atoms with Crippen LogP contribution in [0.25, 0.3) is 0 Å². The number of amides is 2. The van der Waals surface area contributed by atoms with Crippen LogP contribution in [0, 0.1) is 0 Å². The Morgan fingerprint density at radius 2 is 1.66 bits per heavy atom. The number of nitrogens with one attached hydrogen (secondary N) is 2. The van der Waals surface area contributed by atoms with E-state index in [9.17, 15) is 9.59 Å². The lowest BCUT2D eigenvalue weighted by atomic mass is 10.1. The van der Waals surface area contributed by atoms with Gasteiger partial charge in [0.2, 0.25) is 5.91 Å². The molecule has 0 aliphatic carbocycles. The molecule has 1 aliphatic rings. The zero-order valence-corrected chi connectivity index (χ0v) is 17.2. The summed E-state index contributed by atoms with van der Waals surface area (Å²) < 4.78 is 5.71. The normalized spacial score (nSPS) is 20.7. The Labute approximate surface area is 172 Å². The largest absolute Gasteiger partial charge is 0.373 e. The van der Waals surface area contributed by atoms with Crippen LogP contribution in [0.5, 0.6) is 0 Å². The standard InChI is InChI=1S/C23H29N3O3/c1-16-13-26(14-17(2)29-16)15-22(27)25-21-12-8-7-11-20(21)23(28)24-18(3)19-9-5-4-6-10-19/h4-12,16-18H,13-15H2,1-3H3,(H,24,28)(H,25,27). The average Bonchev–Trinajstić information content (AvgIpc) is 2.68. The van der Waals surface area contributed by atoms with E-state index in [0.717, 1.165) is 5.56 Å². The number of hydrogen-bond acceptors (Lipinski definition) is 4. The van der Waals surface area contributed by atoms with E-state index < -0.39 is 0 Å². The Hall–Kier alpha value is -2.70. The van der Waals surface area contributed by atoms with Crippen LogP contribution < -0.4 is 10.6 Å². The monoisotopic (exact) mass is 395 g/mol. The molecule has 29 heavy (non-hydrogen) atoms. The number of ether oxygens (including phenoxy) is 1. The molecule has 1 aliphatic heterocycles. The van der Waals surface area contributed by atoms with Gasteiger partial charge in [-0.3, -0.25) is 14.5 Å². The molecule has 0 aromatic heterocycles. The molecule has 1 saturated heterocycles. The van der Waals surface area contributed by atoms with Crippen molar-refractivity contribution >= 4 is 17.5 Å². The van der Waals surface area contributed by atoms with Gasteiger partial charge in [0.15, 0.2) is 0 Å². The number of rotatable bonds is 6. The van der Waals surface area contributed by atoms with Crippen molar-refractivity contribution in [3.63, 3.8) is 0 Å². The second kappa shape index (κ2) is 9.67. The molecule has 1 heterocycles. The number of anilines is 1. The summed E-state index contributed by atoms with van der Waals surface area (Å²) in [6.07, 6.45) is 0.202. The summed E-state index contributed by atoms with van der Waals surface area (Å²) in [6.45, 7) is 7.66. The van der Waals surface area contributed by atoms with Gasteiger partial charge in [0, 0.05) is 13.1 Å². The number of para-hydroxylation sites is 1. The molecule has 6 nitrogen and oxygen atoms in total. The van der Waals surface area contributed by atoms with Crippen LogP contribution in [-0.2, 0) is 9.53 Å². The summed E-state index contributed by atoms with van der Waals surface area (Å²) >= 11 is 0. The smallest absolute Gasteiger partial charge is 0.253 e. The van der Waals surface area contributed by atoms with Crippen LogP contribution in [0.2, 0.25) is 0 Å². The molecule has 0 saturated carbocycles. The maximum atomic E-state index is 12.8. The van der Waals surface area contributed by atoms with Crippen LogP contribution in [0.3, 0.4) is 0 Å². The van der Waals surface area contributed by atoms with Gasteiger partial charge in [0.1, 0.15) is 0 Å². The molecule has 2 aromatic carbocycles. The van der Waals surface area contributed by atoms with Crippen LogP contribution >= 0.6 is 0 Å². The van der Waals surface area contributed by atoms with E-state index in [4.69, 9.17) is 4.74 Å². The van der Waals surface area contributed by atoms with E-state index in [2.05, 4.69) is 15.5 Å².